The zero-order valence-electron chi connectivity index (χ0n) is 19.7. The molecule has 9 heteroatoms. The van der Waals surface area contributed by atoms with Crippen LogP contribution in [0.1, 0.15) is 34.1 Å². The fourth-order valence-corrected chi connectivity index (χ4v) is 5.18. The van der Waals surface area contributed by atoms with E-state index in [4.69, 9.17) is 16.3 Å². The van der Waals surface area contributed by atoms with Gasteiger partial charge in [-0.15, -0.1) is 11.3 Å². The average Bonchev–Trinajstić information content (AvgIpc) is 3.20. The van der Waals surface area contributed by atoms with Gasteiger partial charge in [-0.3, -0.25) is 9.59 Å². The number of esters is 1. The van der Waals surface area contributed by atoms with Gasteiger partial charge in [0, 0.05) is 25.2 Å². The van der Waals surface area contributed by atoms with Crippen molar-refractivity contribution in [2.24, 2.45) is 0 Å². The van der Waals surface area contributed by atoms with E-state index in [-0.39, 0.29) is 18.6 Å². The van der Waals surface area contributed by atoms with Crippen molar-refractivity contribution in [2.45, 2.75) is 31.7 Å². The Hall–Kier alpha value is -2.94. The van der Waals surface area contributed by atoms with Crippen LogP contribution >= 0.6 is 22.9 Å². The molecule has 2 aliphatic rings. The molecule has 0 bridgehead atoms. The molecule has 0 saturated carbocycles. The van der Waals surface area contributed by atoms with Gasteiger partial charge in [0.25, 0.3) is 11.8 Å². The van der Waals surface area contributed by atoms with Gasteiger partial charge in [-0.25, -0.2) is 4.79 Å². The highest BCUT2D eigenvalue weighted by molar-refractivity contribution is 7.18. The molecule has 2 heterocycles. The van der Waals surface area contributed by atoms with Crippen LogP contribution in [-0.2, 0) is 27.2 Å². The first kappa shape index (κ1) is 25.2. The number of fused-ring (bicyclic) bond motifs is 1. The zero-order valence-corrected chi connectivity index (χ0v) is 21.3. The Morgan fingerprint density at radius 2 is 1.91 bits per heavy atom. The summed E-state index contributed by atoms with van der Waals surface area (Å²) in [5, 5.41) is 5.81. The summed E-state index contributed by atoms with van der Waals surface area (Å²) in [6, 6.07) is 9.15. The van der Waals surface area contributed by atoms with Gasteiger partial charge in [-0.1, -0.05) is 29.8 Å². The van der Waals surface area contributed by atoms with Gasteiger partial charge < -0.3 is 20.3 Å². The highest BCUT2D eigenvalue weighted by atomic mass is 35.5. The maximum atomic E-state index is 13.7. The molecule has 0 saturated heterocycles. The summed E-state index contributed by atoms with van der Waals surface area (Å²) in [4.78, 5) is 41.8. The number of halogens is 1. The lowest BCUT2D eigenvalue weighted by atomic mass is 9.86. The minimum atomic E-state index is -1.47. The van der Waals surface area contributed by atoms with E-state index in [2.05, 4.69) is 22.6 Å². The molecule has 1 aliphatic heterocycles. The number of benzene rings is 1. The van der Waals surface area contributed by atoms with E-state index < -0.39 is 23.3 Å². The van der Waals surface area contributed by atoms with E-state index in [1.54, 1.807) is 31.2 Å². The lowest BCUT2D eigenvalue weighted by Crippen LogP contribution is -2.56. The van der Waals surface area contributed by atoms with E-state index in [0.29, 0.717) is 14.9 Å². The van der Waals surface area contributed by atoms with Crippen molar-refractivity contribution in [3.63, 3.8) is 0 Å². The first-order valence-electron chi connectivity index (χ1n) is 11.6. The molecule has 0 unspecified atom stereocenters. The number of likely N-dealkylation sites (N-methyl/N-ethyl adjacent to an activating group) is 1. The zero-order chi connectivity index (χ0) is 25.0. The van der Waals surface area contributed by atoms with Crippen molar-refractivity contribution < 1.29 is 19.1 Å². The topological polar surface area (TPSA) is 87.7 Å². The maximum absolute atomic E-state index is 13.7. The third-order valence-corrected chi connectivity index (χ3v) is 7.41. The van der Waals surface area contributed by atoms with Crippen LogP contribution in [0.25, 0.3) is 0 Å². The number of nitrogens with one attached hydrogen (secondary N) is 2. The monoisotopic (exact) mass is 513 g/mol. The van der Waals surface area contributed by atoms with Gasteiger partial charge in [0.2, 0.25) is 0 Å². The van der Waals surface area contributed by atoms with Gasteiger partial charge in [0.15, 0.2) is 0 Å². The summed E-state index contributed by atoms with van der Waals surface area (Å²) < 4.78 is 5.59. The Bertz CT molecular complexity index is 1200. The second-order valence-electron chi connectivity index (χ2n) is 8.70. The molecule has 4 rings (SSSR count). The highest BCUT2D eigenvalue weighted by Gasteiger charge is 2.40. The molecule has 1 aromatic heterocycles. The van der Waals surface area contributed by atoms with Crippen molar-refractivity contribution in [3.8, 4) is 0 Å². The highest BCUT2D eigenvalue weighted by Crippen LogP contribution is 2.28. The van der Waals surface area contributed by atoms with Crippen molar-refractivity contribution in [1.82, 2.24) is 10.2 Å². The molecule has 0 fully saturated rings. The fraction of sp³-hybridized carbons (Fsp3) is 0.346. The van der Waals surface area contributed by atoms with Crippen molar-refractivity contribution >= 4 is 46.4 Å². The molecule has 2 N–H and O–H groups in total. The number of nitrogens with zero attached hydrogens (tertiary/aromatic N) is 1. The molecule has 1 atom stereocenters. The Morgan fingerprint density at radius 1 is 1.14 bits per heavy atom. The largest absolute Gasteiger partial charge is 0.462 e. The first-order valence-corrected chi connectivity index (χ1v) is 12.8. The predicted molar refractivity (Wildman–Crippen MR) is 138 cm³/mol. The van der Waals surface area contributed by atoms with Crippen LogP contribution in [0.2, 0.25) is 4.34 Å². The van der Waals surface area contributed by atoms with Gasteiger partial charge in [0.05, 0.1) is 21.4 Å². The predicted octanol–water partition coefficient (Wildman–Crippen LogP) is 3.99. The number of anilines is 1. The number of thiophene rings is 1. The second-order valence-corrected chi connectivity index (χ2v) is 10.4. The van der Waals surface area contributed by atoms with E-state index in [0.717, 1.165) is 37.3 Å². The molecule has 1 aliphatic carbocycles. The smallest absolute Gasteiger partial charge is 0.337 e. The maximum Gasteiger partial charge on any atom is 0.337 e. The van der Waals surface area contributed by atoms with E-state index >= 15 is 0 Å². The Kier molecular flexibility index (Phi) is 7.74. The Morgan fingerprint density at radius 3 is 2.63 bits per heavy atom. The van der Waals surface area contributed by atoms with Crippen LogP contribution in [0.3, 0.4) is 0 Å². The van der Waals surface area contributed by atoms with Gasteiger partial charge in [-0.05, 0) is 68.3 Å². The molecule has 35 heavy (non-hydrogen) atoms. The summed E-state index contributed by atoms with van der Waals surface area (Å²) in [5.41, 5.74) is 1.85. The molecule has 0 radical (unpaired) electrons. The van der Waals surface area contributed by atoms with Gasteiger partial charge in [-0.2, -0.15) is 0 Å². The lowest BCUT2D eigenvalue weighted by molar-refractivity contribution is -0.138. The summed E-state index contributed by atoms with van der Waals surface area (Å²) >= 11 is 7.12. The van der Waals surface area contributed by atoms with Crippen LogP contribution in [0.5, 0.6) is 0 Å². The summed E-state index contributed by atoms with van der Waals surface area (Å²) in [6.45, 7) is 3.86. The molecule has 7 nitrogen and oxygen atoms in total. The average molecular weight is 514 g/mol. The van der Waals surface area contributed by atoms with Gasteiger partial charge >= 0.3 is 5.97 Å². The quantitative estimate of drug-likeness (QED) is 0.570. The standard InChI is InChI=1S/C26H28ClN3O4S/c1-3-34-24(32)19-5-4-12-26(16-19,29-23(31)21-8-9-22(27)35-21)25(33)28-20-7-6-17-10-13-30(2)14-11-18(17)15-20/h4-9,15-16H,3,10-14H2,1-2H3,(H,28,33)(H,29,31)/t26-/m1/s1. The number of amides is 2. The van der Waals surface area contributed by atoms with E-state index in [1.807, 2.05) is 18.2 Å². The number of ether oxygens (including phenoxy) is 1. The third kappa shape index (κ3) is 5.83. The SMILES string of the molecule is CCOC(=O)C1=C[C@@](NC(=O)c2ccc(Cl)s2)(C(=O)Nc2ccc3c(c2)CCN(C)CC3)CC=C1. The molecule has 184 valence electrons. The minimum absolute atomic E-state index is 0.183. The van der Waals surface area contributed by atoms with Crippen molar-refractivity contribution in [3.05, 3.63) is 74.5 Å². The molecule has 0 spiro atoms. The van der Waals surface area contributed by atoms with E-state index in [1.165, 1.54) is 17.2 Å². The molecule has 2 aromatic rings. The van der Waals surface area contributed by atoms with Crippen LogP contribution in [0, 0.1) is 0 Å². The fourth-order valence-electron chi connectivity index (χ4n) is 4.25. The number of rotatable bonds is 6. The lowest BCUT2D eigenvalue weighted by Gasteiger charge is -2.32. The van der Waals surface area contributed by atoms with Crippen LogP contribution in [0.4, 0.5) is 5.69 Å². The van der Waals surface area contributed by atoms with Gasteiger partial charge in [0.1, 0.15) is 5.54 Å². The summed E-state index contributed by atoms with van der Waals surface area (Å²) in [5.74, 6) is -1.44. The van der Waals surface area contributed by atoms with Crippen LogP contribution in [-0.4, -0.2) is 55.0 Å². The third-order valence-electron chi connectivity index (χ3n) is 6.18. The molecular formula is C26H28ClN3O4S. The second kappa shape index (κ2) is 10.8. The van der Waals surface area contributed by atoms with E-state index in [9.17, 15) is 14.4 Å². The molecular weight excluding hydrogens is 486 g/mol. The first-order chi connectivity index (χ1) is 16.8. The van der Waals surface area contributed by atoms with Crippen LogP contribution < -0.4 is 10.6 Å². The summed E-state index contributed by atoms with van der Waals surface area (Å²) in [7, 11) is 2.10. The van der Waals surface area contributed by atoms with Crippen molar-refractivity contribution in [2.75, 3.05) is 32.1 Å². The number of carbonyl (C=O) groups excluding carboxylic acids is 3. The number of hydrogen-bond donors (Lipinski definition) is 2. The number of carbonyl (C=O) groups is 3. The normalized spacial score (nSPS) is 19.8. The summed E-state index contributed by atoms with van der Waals surface area (Å²) in [6.07, 6.45) is 6.82. The molecule has 2 amide bonds. The Balaban J connectivity index is 1.63. The number of hydrogen-bond acceptors (Lipinski definition) is 6. The van der Waals surface area contributed by atoms with Crippen LogP contribution in [0.15, 0.2) is 54.1 Å². The minimum Gasteiger partial charge on any atom is -0.462 e. The Labute approximate surface area is 213 Å². The molecule has 1 aromatic carbocycles. The van der Waals surface area contributed by atoms with Crippen molar-refractivity contribution in [1.29, 1.82) is 0 Å².